The number of halogens is 1. The van der Waals surface area contributed by atoms with Crippen LogP contribution in [0, 0.1) is 0 Å². The van der Waals surface area contributed by atoms with Gasteiger partial charge >= 0.3 is 0 Å². The summed E-state index contributed by atoms with van der Waals surface area (Å²) in [5, 5.41) is 3.26. The van der Waals surface area contributed by atoms with E-state index in [4.69, 9.17) is 21.1 Å². The Hall–Kier alpha value is -2.63. The normalized spacial score (nSPS) is 10.4. The molecule has 0 fully saturated rings. The summed E-state index contributed by atoms with van der Waals surface area (Å²) in [6.07, 6.45) is 0. The number of hydrogen-bond donors (Lipinski definition) is 1. The Morgan fingerprint density at radius 2 is 1.79 bits per heavy atom. The van der Waals surface area contributed by atoms with Gasteiger partial charge in [0.15, 0.2) is 0 Å². The van der Waals surface area contributed by atoms with Gasteiger partial charge in [-0.2, -0.15) is 0 Å². The molecule has 3 rings (SSSR count). The predicted molar refractivity (Wildman–Crippen MR) is 115 cm³/mol. The third-order valence-electron chi connectivity index (χ3n) is 3.89. The van der Waals surface area contributed by atoms with Crippen LogP contribution in [0.2, 0.25) is 5.02 Å². The van der Waals surface area contributed by atoms with Gasteiger partial charge in [-0.3, -0.25) is 4.79 Å². The molecule has 28 heavy (non-hydrogen) atoms. The molecule has 0 heterocycles. The maximum absolute atomic E-state index is 12.4. The molecule has 0 aromatic heterocycles. The van der Waals surface area contributed by atoms with Gasteiger partial charge in [0.2, 0.25) is 0 Å². The largest absolute Gasteiger partial charge is 0.495 e. The summed E-state index contributed by atoms with van der Waals surface area (Å²) < 4.78 is 10.8. The highest BCUT2D eigenvalue weighted by Crippen LogP contribution is 2.27. The van der Waals surface area contributed by atoms with Crippen LogP contribution in [0.5, 0.6) is 11.5 Å². The SMILES string of the molecule is COc1ccc(NC(=O)c2ccc(OCCSc3ccccc3)cc2)cc1Cl. The maximum atomic E-state index is 12.4. The zero-order valence-electron chi connectivity index (χ0n) is 15.4. The Morgan fingerprint density at radius 3 is 2.46 bits per heavy atom. The number of thioether (sulfide) groups is 1. The highest BCUT2D eigenvalue weighted by molar-refractivity contribution is 7.99. The molecular weight excluding hydrogens is 394 g/mol. The molecule has 0 aliphatic rings. The Balaban J connectivity index is 1.49. The van der Waals surface area contributed by atoms with Crippen LogP contribution in [-0.2, 0) is 0 Å². The molecule has 3 aromatic carbocycles. The summed E-state index contributed by atoms with van der Waals surface area (Å²) >= 11 is 7.83. The van der Waals surface area contributed by atoms with Crippen molar-refractivity contribution in [1.29, 1.82) is 0 Å². The number of hydrogen-bond acceptors (Lipinski definition) is 4. The molecule has 0 spiro atoms. The van der Waals surface area contributed by atoms with E-state index in [1.54, 1.807) is 61.3 Å². The first-order chi connectivity index (χ1) is 13.7. The number of nitrogens with one attached hydrogen (secondary N) is 1. The molecule has 0 atom stereocenters. The van der Waals surface area contributed by atoms with Crippen molar-refractivity contribution in [2.24, 2.45) is 0 Å². The van der Waals surface area contributed by atoms with Gasteiger partial charge in [0.1, 0.15) is 11.5 Å². The van der Waals surface area contributed by atoms with Crippen LogP contribution in [0.3, 0.4) is 0 Å². The van der Waals surface area contributed by atoms with Crippen LogP contribution in [0.25, 0.3) is 0 Å². The zero-order valence-corrected chi connectivity index (χ0v) is 16.9. The average molecular weight is 414 g/mol. The molecule has 0 aliphatic heterocycles. The van der Waals surface area contributed by atoms with Gasteiger partial charge in [0, 0.05) is 21.9 Å². The van der Waals surface area contributed by atoms with E-state index in [1.807, 2.05) is 18.2 Å². The smallest absolute Gasteiger partial charge is 0.255 e. The van der Waals surface area contributed by atoms with Crippen molar-refractivity contribution in [3.63, 3.8) is 0 Å². The second-order valence-corrected chi connectivity index (χ2v) is 7.41. The van der Waals surface area contributed by atoms with Crippen molar-refractivity contribution >= 4 is 35.0 Å². The predicted octanol–water partition coefficient (Wildman–Crippen LogP) is 5.77. The number of anilines is 1. The van der Waals surface area contributed by atoms with E-state index in [1.165, 1.54) is 4.90 Å². The average Bonchev–Trinajstić information content (AvgIpc) is 2.72. The number of carbonyl (C=O) groups excluding carboxylic acids is 1. The Bertz CT molecular complexity index is 917. The number of amides is 1. The lowest BCUT2D eigenvalue weighted by atomic mass is 10.2. The summed E-state index contributed by atoms with van der Waals surface area (Å²) in [5.74, 6) is 1.93. The number of carbonyl (C=O) groups is 1. The van der Waals surface area contributed by atoms with Gasteiger partial charge in [-0.15, -0.1) is 11.8 Å². The fourth-order valence-electron chi connectivity index (χ4n) is 2.49. The van der Waals surface area contributed by atoms with Crippen molar-refractivity contribution in [1.82, 2.24) is 0 Å². The summed E-state index contributed by atoms with van der Waals surface area (Å²) in [4.78, 5) is 13.6. The molecule has 4 nitrogen and oxygen atoms in total. The van der Waals surface area contributed by atoms with Crippen molar-refractivity contribution in [2.45, 2.75) is 4.90 Å². The van der Waals surface area contributed by atoms with E-state index in [9.17, 15) is 4.79 Å². The van der Waals surface area contributed by atoms with Gasteiger partial charge < -0.3 is 14.8 Å². The molecule has 0 bridgehead atoms. The van der Waals surface area contributed by atoms with E-state index in [2.05, 4.69) is 17.4 Å². The fourth-order valence-corrected chi connectivity index (χ4v) is 3.50. The molecule has 144 valence electrons. The number of ether oxygens (including phenoxy) is 2. The van der Waals surface area contributed by atoms with E-state index in [0.29, 0.717) is 28.6 Å². The van der Waals surface area contributed by atoms with Crippen molar-refractivity contribution in [2.75, 3.05) is 24.8 Å². The van der Waals surface area contributed by atoms with Crippen LogP contribution in [0.15, 0.2) is 77.7 Å². The van der Waals surface area contributed by atoms with E-state index in [-0.39, 0.29) is 5.91 Å². The molecule has 0 unspecified atom stereocenters. The van der Waals surface area contributed by atoms with Gasteiger partial charge in [-0.1, -0.05) is 29.8 Å². The van der Waals surface area contributed by atoms with E-state index < -0.39 is 0 Å². The first-order valence-electron chi connectivity index (χ1n) is 8.71. The Labute approximate surface area is 173 Å². The lowest BCUT2D eigenvalue weighted by Crippen LogP contribution is -2.11. The second-order valence-electron chi connectivity index (χ2n) is 5.84. The quantitative estimate of drug-likeness (QED) is 0.376. The third kappa shape index (κ3) is 5.68. The summed E-state index contributed by atoms with van der Waals surface area (Å²) in [6.45, 7) is 0.593. The monoisotopic (exact) mass is 413 g/mol. The highest BCUT2D eigenvalue weighted by Gasteiger charge is 2.08. The highest BCUT2D eigenvalue weighted by atomic mass is 35.5. The first-order valence-corrected chi connectivity index (χ1v) is 10.1. The molecule has 6 heteroatoms. The maximum Gasteiger partial charge on any atom is 0.255 e. The molecule has 1 N–H and O–H groups in total. The van der Waals surface area contributed by atoms with Gasteiger partial charge in [0.25, 0.3) is 5.91 Å². The molecule has 0 aliphatic carbocycles. The number of rotatable bonds is 8. The molecule has 3 aromatic rings. The minimum Gasteiger partial charge on any atom is -0.495 e. The minimum absolute atomic E-state index is 0.215. The second kappa shape index (κ2) is 10.1. The standard InChI is InChI=1S/C22H20ClNO3S/c1-26-21-12-9-17(15-20(21)23)24-22(25)16-7-10-18(11-8-16)27-13-14-28-19-5-3-2-4-6-19/h2-12,15H,13-14H2,1H3,(H,24,25). The summed E-state index contributed by atoms with van der Waals surface area (Å²) in [7, 11) is 1.55. The third-order valence-corrected chi connectivity index (χ3v) is 5.16. The van der Waals surface area contributed by atoms with Crippen LogP contribution < -0.4 is 14.8 Å². The van der Waals surface area contributed by atoms with Crippen molar-refractivity contribution in [3.05, 3.63) is 83.4 Å². The summed E-state index contributed by atoms with van der Waals surface area (Å²) in [6, 6.07) is 22.4. The summed E-state index contributed by atoms with van der Waals surface area (Å²) in [5.41, 5.74) is 1.15. The topological polar surface area (TPSA) is 47.6 Å². The van der Waals surface area contributed by atoms with Crippen LogP contribution in [0.1, 0.15) is 10.4 Å². The van der Waals surface area contributed by atoms with Crippen molar-refractivity contribution in [3.8, 4) is 11.5 Å². The number of methoxy groups -OCH3 is 1. The molecular formula is C22H20ClNO3S. The van der Waals surface area contributed by atoms with Gasteiger partial charge in [0.05, 0.1) is 18.7 Å². The molecule has 1 amide bonds. The first kappa shape index (κ1) is 20.1. The zero-order chi connectivity index (χ0) is 19.8. The lowest BCUT2D eigenvalue weighted by molar-refractivity contribution is 0.102. The van der Waals surface area contributed by atoms with Crippen LogP contribution in [-0.4, -0.2) is 25.4 Å². The Morgan fingerprint density at radius 1 is 1.04 bits per heavy atom. The van der Waals surface area contributed by atoms with Crippen molar-refractivity contribution < 1.29 is 14.3 Å². The minimum atomic E-state index is -0.215. The molecule has 0 saturated carbocycles. The van der Waals surface area contributed by atoms with Crippen LogP contribution in [0.4, 0.5) is 5.69 Å². The van der Waals surface area contributed by atoms with Gasteiger partial charge in [-0.25, -0.2) is 0 Å². The van der Waals surface area contributed by atoms with E-state index in [0.717, 1.165) is 11.5 Å². The lowest BCUT2D eigenvalue weighted by Gasteiger charge is -2.09. The van der Waals surface area contributed by atoms with Crippen LogP contribution >= 0.6 is 23.4 Å². The van der Waals surface area contributed by atoms with E-state index >= 15 is 0 Å². The molecule has 0 radical (unpaired) electrons. The number of benzene rings is 3. The fraction of sp³-hybridized carbons (Fsp3) is 0.136. The van der Waals surface area contributed by atoms with Gasteiger partial charge in [-0.05, 0) is 54.6 Å². The Kier molecular flexibility index (Phi) is 7.23. The molecule has 0 saturated heterocycles.